The molecular weight excluding hydrogens is 490 g/mol. The van der Waals surface area contributed by atoms with E-state index in [-0.39, 0.29) is 23.8 Å². The molecule has 206 valence electrons. The van der Waals surface area contributed by atoms with Crippen molar-refractivity contribution in [3.8, 4) is 0 Å². The Bertz CT molecular complexity index is 1390. The predicted octanol–water partition coefficient (Wildman–Crippen LogP) is 6.29. The Hall–Kier alpha value is -3.87. The summed E-state index contributed by atoms with van der Waals surface area (Å²) < 4.78 is 5.38. The molecule has 0 radical (unpaired) electrons. The zero-order valence-corrected chi connectivity index (χ0v) is 23.9. The van der Waals surface area contributed by atoms with E-state index in [1.807, 2.05) is 74.5 Å². The molecule has 1 aliphatic rings. The molecule has 2 N–H and O–H groups in total. The van der Waals surface area contributed by atoms with Crippen molar-refractivity contribution in [1.29, 1.82) is 0 Å². The Kier molecular flexibility index (Phi) is 8.00. The van der Waals surface area contributed by atoms with Gasteiger partial charge in [0, 0.05) is 11.7 Å². The van der Waals surface area contributed by atoms with Crippen LogP contribution in [-0.4, -0.2) is 40.5 Å². The van der Waals surface area contributed by atoms with Crippen LogP contribution in [0.3, 0.4) is 0 Å². The van der Waals surface area contributed by atoms with Gasteiger partial charge in [-0.3, -0.25) is 9.59 Å². The van der Waals surface area contributed by atoms with Gasteiger partial charge in [-0.05, 0) is 87.9 Å². The average Bonchev–Trinajstić information content (AvgIpc) is 3.57. The second-order valence-electron chi connectivity index (χ2n) is 11.7. The van der Waals surface area contributed by atoms with Crippen LogP contribution in [-0.2, 0) is 14.3 Å². The second kappa shape index (κ2) is 11.1. The van der Waals surface area contributed by atoms with Gasteiger partial charge in [-0.2, -0.15) is 0 Å². The minimum absolute atomic E-state index is 0.118. The fraction of sp³-hybridized carbons (Fsp3) is 0.406. The van der Waals surface area contributed by atoms with Gasteiger partial charge in [0.1, 0.15) is 17.7 Å². The van der Waals surface area contributed by atoms with Gasteiger partial charge in [-0.25, -0.2) is 4.79 Å². The van der Waals surface area contributed by atoms with Gasteiger partial charge in [0.15, 0.2) is 0 Å². The van der Waals surface area contributed by atoms with Crippen LogP contribution in [0, 0.1) is 19.8 Å². The smallest absolute Gasteiger partial charge is 0.408 e. The molecule has 7 heteroatoms. The lowest BCUT2D eigenvalue weighted by Crippen LogP contribution is -2.52. The first-order chi connectivity index (χ1) is 18.3. The molecule has 39 heavy (non-hydrogen) atoms. The summed E-state index contributed by atoms with van der Waals surface area (Å²) in [5, 5.41) is 7.84. The highest BCUT2D eigenvalue weighted by Crippen LogP contribution is 2.41. The van der Waals surface area contributed by atoms with Crippen molar-refractivity contribution in [2.45, 2.75) is 78.6 Å². The number of carbonyl (C=O) groups excluding carboxylic acids is 3. The molecule has 0 heterocycles. The number of rotatable bonds is 7. The molecule has 3 aromatic carbocycles. The van der Waals surface area contributed by atoms with Crippen molar-refractivity contribution in [2.24, 2.45) is 5.92 Å². The normalized spacial score (nSPS) is 18.1. The van der Waals surface area contributed by atoms with Crippen molar-refractivity contribution >= 4 is 34.4 Å². The number of hydrogen-bond donors (Lipinski definition) is 2. The van der Waals surface area contributed by atoms with E-state index < -0.39 is 23.8 Å². The zero-order chi connectivity index (χ0) is 28.5. The SMILES string of the molecule is Cc1ccc(C)c(C(C(=O)Nc2ccc3ccccc3c2)N(C(=O)C(C)NC(=O)OC(C)(C)C)C2CC2C)c1. The number of aryl methyl sites for hydroxylation is 2. The second-order valence-corrected chi connectivity index (χ2v) is 11.7. The molecule has 1 saturated carbocycles. The van der Waals surface area contributed by atoms with E-state index >= 15 is 0 Å². The Balaban J connectivity index is 1.70. The van der Waals surface area contributed by atoms with Gasteiger partial charge in [-0.15, -0.1) is 0 Å². The molecule has 0 spiro atoms. The van der Waals surface area contributed by atoms with Crippen molar-refractivity contribution in [2.75, 3.05) is 5.32 Å². The number of nitrogens with zero attached hydrogens (tertiary/aromatic N) is 1. The lowest BCUT2D eigenvalue weighted by Gasteiger charge is -2.35. The zero-order valence-electron chi connectivity index (χ0n) is 23.9. The molecule has 4 unspecified atom stereocenters. The van der Waals surface area contributed by atoms with E-state index in [1.54, 1.807) is 32.6 Å². The maximum atomic E-state index is 14.1. The number of alkyl carbamates (subject to hydrolysis) is 1. The van der Waals surface area contributed by atoms with Crippen molar-refractivity contribution < 1.29 is 19.1 Å². The monoisotopic (exact) mass is 529 g/mol. The highest BCUT2D eigenvalue weighted by atomic mass is 16.6. The molecule has 4 atom stereocenters. The summed E-state index contributed by atoms with van der Waals surface area (Å²) in [5.41, 5.74) is 2.64. The molecule has 7 nitrogen and oxygen atoms in total. The van der Waals surface area contributed by atoms with Gasteiger partial charge >= 0.3 is 6.09 Å². The maximum Gasteiger partial charge on any atom is 0.408 e. The first-order valence-corrected chi connectivity index (χ1v) is 13.5. The van der Waals surface area contributed by atoms with Crippen molar-refractivity contribution in [3.05, 3.63) is 77.4 Å². The van der Waals surface area contributed by atoms with E-state index in [0.29, 0.717) is 5.69 Å². The Labute approximate surface area is 230 Å². The number of hydrogen-bond acceptors (Lipinski definition) is 4. The third kappa shape index (κ3) is 6.77. The maximum absolute atomic E-state index is 14.1. The van der Waals surface area contributed by atoms with Gasteiger partial charge in [0.25, 0.3) is 5.91 Å². The predicted molar refractivity (Wildman–Crippen MR) is 154 cm³/mol. The van der Waals surface area contributed by atoms with Crippen LogP contribution in [0.4, 0.5) is 10.5 Å². The minimum Gasteiger partial charge on any atom is -0.444 e. The number of ether oxygens (including phenoxy) is 1. The topological polar surface area (TPSA) is 87.7 Å². The van der Waals surface area contributed by atoms with Crippen LogP contribution in [0.25, 0.3) is 10.8 Å². The molecule has 3 amide bonds. The lowest BCUT2D eigenvalue weighted by atomic mass is 9.95. The van der Waals surface area contributed by atoms with E-state index in [2.05, 4.69) is 17.6 Å². The largest absolute Gasteiger partial charge is 0.444 e. The van der Waals surface area contributed by atoms with Crippen molar-refractivity contribution in [3.63, 3.8) is 0 Å². The van der Waals surface area contributed by atoms with Crippen molar-refractivity contribution in [1.82, 2.24) is 10.2 Å². The number of nitrogens with one attached hydrogen (secondary N) is 2. The summed E-state index contributed by atoms with van der Waals surface area (Å²) in [6.07, 6.45) is 0.117. The average molecular weight is 530 g/mol. The fourth-order valence-electron chi connectivity index (χ4n) is 4.89. The molecule has 0 aliphatic heterocycles. The Morgan fingerprint density at radius 2 is 1.64 bits per heavy atom. The van der Waals surface area contributed by atoms with Gasteiger partial charge in [-0.1, -0.05) is 61.0 Å². The van der Waals surface area contributed by atoms with Crippen LogP contribution >= 0.6 is 0 Å². The summed E-state index contributed by atoms with van der Waals surface area (Å²) in [6.45, 7) is 12.9. The highest BCUT2D eigenvalue weighted by Gasteiger charge is 2.48. The van der Waals surface area contributed by atoms with E-state index in [1.165, 1.54) is 0 Å². The Morgan fingerprint density at radius 1 is 0.974 bits per heavy atom. The van der Waals surface area contributed by atoms with Crippen LogP contribution in [0.15, 0.2) is 60.7 Å². The van der Waals surface area contributed by atoms with Gasteiger partial charge < -0.3 is 20.3 Å². The number of anilines is 1. The van der Waals surface area contributed by atoms with Gasteiger partial charge in [0.2, 0.25) is 5.91 Å². The molecular formula is C32H39N3O4. The molecule has 4 rings (SSSR count). The summed E-state index contributed by atoms with van der Waals surface area (Å²) >= 11 is 0. The number of benzene rings is 3. The van der Waals surface area contributed by atoms with Crippen LogP contribution < -0.4 is 10.6 Å². The fourth-order valence-corrected chi connectivity index (χ4v) is 4.89. The van der Waals surface area contributed by atoms with Crippen LogP contribution in [0.2, 0.25) is 0 Å². The number of fused-ring (bicyclic) bond motifs is 1. The summed E-state index contributed by atoms with van der Waals surface area (Å²) in [7, 11) is 0. The molecule has 1 fully saturated rings. The number of carbonyl (C=O) groups is 3. The summed E-state index contributed by atoms with van der Waals surface area (Å²) in [6, 6.07) is 17.8. The van der Waals surface area contributed by atoms with Crippen LogP contribution in [0.1, 0.15) is 63.8 Å². The third-order valence-corrected chi connectivity index (χ3v) is 7.06. The molecule has 1 aliphatic carbocycles. The summed E-state index contributed by atoms with van der Waals surface area (Å²) in [5.74, 6) is -0.380. The van der Waals surface area contributed by atoms with Crippen LogP contribution in [0.5, 0.6) is 0 Å². The third-order valence-electron chi connectivity index (χ3n) is 7.06. The standard InChI is InChI=1S/C32H39N3O4/c1-19-12-13-20(2)26(16-19)28(29(36)34-25-15-14-23-10-8-9-11-24(23)18-25)35(27-17-21(27)3)30(37)22(4)33-31(38)39-32(5,6)7/h8-16,18,21-22,27-28H,17H2,1-7H3,(H,33,38)(H,34,36). The molecule has 0 bridgehead atoms. The summed E-state index contributed by atoms with van der Waals surface area (Å²) in [4.78, 5) is 42.3. The molecule has 3 aromatic rings. The van der Waals surface area contributed by atoms with Gasteiger partial charge in [0.05, 0.1) is 0 Å². The first-order valence-electron chi connectivity index (χ1n) is 13.5. The van der Waals surface area contributed by atoms with E-state index in [9.17, 15) is 14.4 Å². The van der Waals surface area contributed by atoms with E-state index in [0.717, 1.165) is 33.9 Å². The van der Waals surface area contributed by atoms with E-state index in [4.69, 9.17) is 4.74 Å². The molecule has 0 saturated heterocycles. The molecule has 0 aromatic heterocycles. The lowest BCUT2D eigenvalue weighted by molar-refractivity contribution is -0.141. The minimum atomic E-state index is -0.881. The quantitative estimate of drug-likeness (QED) is 0.377. The Morgan fingerprint density at radius 3 is 2.28 bits per heavy atom. The first kappa shape index (κ1) is 28.1. The highest BCUT2D eigenvalue weighted by molar-refractivity contribution is 6.00. The number of amides is 3.